The van der Waals surface area contributed by atoms with E-state index in [1.165, 1.54) is 62.3 Å². The van der Waals surface area contributed by atoms with E-state index in [0.717, 1.165) is 38.5 Å². The molecule has 1 aromatic carbocycles. The van der Waals surface area contributed by atoms with Crippen LogP contribution in [0.5, 0.6) is 0 Å². The molecule has 0 saturated carbocycles. The van der Waals surface area contributed by atoms with E-state index in [0.29, 0.717) is 18.4 Å². The minimum absolute atomic E-state index is 0.00713. The number of imidazole rings is 1. The van der Waals surface area contributed by atoms with Crippen LogP contribution in [0.3, 0.4) is 0 Å². The second-order valence-electron chi connectivity index (χ2n) is 15.3. The molecule has 0 spiro atoms. The quantitative estimate of drug-likeness (QED) is 0.0213. The zero-order chi connectivity index (χ0) is 43.2. The highest BCUT2D eigenvalue weighted by Gasteiger charge is 2.49. The Hall–Kier alpha value is -3.97. The number of ether oxygens (including phenoxy) is 3. The molecule has 17 heteroatoms. The van der Waals surface area contributed by atoms with Crippen molar-refractivity contribution in [2.75, 3.05) is 32.2 Å². The first-order chi connectivity index (χ1) is 29.1. The molecule has 60 heavy (non-hydrogen) atoms. The van der Waals surface area contributed by atoms with Gasteiger partial charge in [0, 0.05) is 6.42 Å². The first-order valence-corrected chi connectivity index (χ1v) is 22.8. The number of unbranched alkanes of at least 4 members (excludes halogenated alkanes) is 14. The summed E-state index contributed by atoms with van der Waals surface area (Å²) in [7, 11) is -3.35. The Bertz CT molecular complexity index is 1840. The number of hydrogen-bond acceptors (Lipinski definition) is 14. The van der Waals surface area contributed by atoms with Crippen LogP contribution in [0.2, 0.25) is 0 Å². The summed E-state index contributed by atoms with van der Waals surface area (Å²) in [5, 5.41) is 11.6. The van der Waals surface area contributed by atoms with Gasteiger partial charge in [-0.3, -0.25) is 18.5 Å². The maximum absolute atomic E-state index is 14.3. The third kappa shape index (κ3) is 15.5. The van der Waals surface area contributed by atoms with Gasteiger partial charge in [-0.25, -0.2) is 9.78 Å². The number of nitrogen functional groups attached to an aromatic ring is 1. The number of hydrogen-bond donors (Lipinski definition) is 3. The lowest BCUT2D eigenvalue weighted by Gasteiger charge is -2.27. The van der Waals surface area contributed by atoms with E-state index in [-0.39, 0.29) is 36.6 Å². The predicted octanol–water partition coefficient (Wildman–Crippen LogP) is 7.47. The SMILES string of the molecule is CCCCCCCCCCOC(=O)CO[PH](=O)OC[C@@]1(C#CC(c2ccccc2)[C@H](N)C(=O)OCCCCCCCCCC)O[C@@H](n2cnc3c(N)nc(F)nc32)C[C@@H]1O. The average Bonchev–Trinajstić information content (AvgIpc) is 3.81. The molecule has 4 rings (SSSR count). The summed E-state index contributed by atoms with van der Waals surface area (Å²) >= 11 is 0. The van der Waals surface area contributed by atoms with Gasteiger partial charge in [0.15, 0.2) is 29.2 Å². The lowest BCUT2D eigenvalue weighted by atomic mass is 9.90. The summed E-state index contributed by atoms with van der Waals surface area (Å²) in [6, 6.07) is 7.67. The largest absolute Gasteiger partial charge is 0.464 e. The van der Waals surface area contributed by atoms with E-state index in [1.54, 1.807) is 24.3 Å². The number of nitrogens with zero attached hydrogens (tertiary/aromatic N) is 4. The van der Waals surface area contributed by atoms with Crippen LogP contribution >= 0.6 is 8.25 Å². The van der Waals surface area contributed by atoms with E-state index in [1.807, 2.05) is 6.07 Å². The van der Waals surface area contributed by atoms with Crippen LogP contribution in [-0.2, 0) is 37.4 Å². The smallest absolute Gasteiger partial charge is 0.332 e. The highest BCUT2D eigenvalue weighted by atomic mass is 31.1. The lowest BCUT2D eigenvalue weighted by molar-refractivity contribution is -0.147. The lowest BCUT2D eigenvalue weighted by Crippen LogP contribution is -2.43. The monoisotopic (exact) mass is 858 g/mol. The van der Waals surface area contributed by atoms with Crippen LogP contribution in [0, 0.1) is 17.9 Å². The molecule has 15 nitrogen and oxygen atoms in total. The van der Waals surface area contributed by atoms with Crippen molar-refractivity contribution in [1.29, 1.82) is 0 Å². The number of halogens is 1. The van der Waals surface area contributed by atoms with Crippen molar-refractivity contribution in [1.82, 2.24) is 19.5 Å². The molecule has 1 fully saturated rings. The molecule has 5 N–H and O–H groups in total. The minimum atomic E-state index is -3.35. The number of nitrogens with two attached hydrogens (primary N) is 2. The fraction of sp³-hybridized carbons (Fsp3) is 0.651. The van der Waals surface area contributed by atoms with Crippen molar-refractivity contribution in [3.05, 3.63) is 48.3 Å². The van der Waals surface area contributed by atoms with Gasteiger partial charge < -0.3 is 35.3 Å². The molecule has 2 unspecified atom stereocenters. The van der Waals surface area contributed by atoms with E-state index < -0.39 is 69.4 Å². The Balaban J connectivity index is 1.45. The van der Waals surface area contributed by atoms with E-state index in [4.69, 9.17) is 34.7 Å². The molecule has 2 aromatic heterocycles. The number of aliphatic hydroxyl groups is 1. The van der Waals surface area contributed by atoms with Gasteiger partial charge in [-0.15, -0.1) is 0 Å². The molecule has 332 valence electrons. The van der Waals surface area contributed by atoms with Crippen LogP contribution in [0.15, 0.2) is 36.7 Å². The van der Waals surface area contributed by atoms with Crippen LogP contribution in [0.25, 0.3) is 11.2 Å². The van der Waals surface area contributed by atoms with Gasteiger partial charge in [0.1, 0.15) is 18.4 Å². The number of fused-ring (bicyclic) bond motifs is 1. The Morgan fingerprint density at radius 1 is 0.933 bits per heavy atom. The Morgan fingerprint density at radius 3 is 2.17 bits per heavy atom. The molecule has 1 aliphatic rings. The number of aliphatic hydroxyl groups excluding tert-OH is 1. The second kappa shape index (κ2) is 26.4. The van der Waals surface area contributed by atoms with Gasteiger partial charge in [0.05, 0.1) is 32.1 Å². The third-order valence-electron chi connectivity index (χ3n) is 10.5. The summed E-state index contributed by atoms with van der Waals surface area (Å²) in [5.74, 6) is 3.53. The molecule has 3 aromatic rings. The molecule has 0 aliphatic carbocycles. The fourth-order valence-corrected chi connectivity index (χ4v) is 7.64. The summed E-state index contributed by atoms with van der Waals surface area (Å²) in [6.45, 7) is 3.59. The predicted molar refractivity (Wildman–Crippen MR) is 226 cm³/mol. The number of rotatable bonds is 28. The molecular weight excluding hydrogens is 794 g/mol. The van der Waals surface area contributed by atoms with Crippen molar-refractivity contribution in [3.63, 3.8) is 0 Å². The molecule has 0 radical (unpaired) electrons. The zero-order valence-electron chi connectivity index (χ0n) is 35.2. The van der Waals surface area contributed by atoms with Crippen molar-refractivity contribution in [2.45, 2.75) is 153 Å². The van der Waals surface area contributed by atoms with Gasteiger partial charge >= 0.3 is 26.3 Å². The molecule has 1 saturated heterocycles. The van der Waals surface area contributed by atoms with Crippen LogP contribution < -0.4 is 11.5 Å². The van der Waals surface area contributed by atoms with Crippen molar-refractivity contribution < 1.29 is 46.9 Å². The topological polar surface area (TPSA) is 213 Å². The Kier molecular flexibility index (Phi) is 21.4. The number of anilines is 1. The summed E-state index contributed by atoms with van der Waals surface area (Å²) in [4.78, 5) is 37.2. The average molecular weight is 859 g/mol. The van der Waals surface area contributed by atoms with Crippen molar-refractivity contribution >= 4 is 37.2 Å². The molecular formula is C43H64FN6O9P. The van der Waals surface area contributed by atoms with Gasteiger partial charge in [-0.1, -0.05) is 146 Å². The number of carbonyl (C=O) groups is 2. The van der Waals surface area contributed by atoms with Gasteiger partial charge in [0.25, 0.3) is 0 Å². The van der Waals surface area contributed by atoms with Crippen LogP contribution in [-0.4, -0.2) is 80.7 Å². The molecule has 1 aliphatic heterocycles. The number of aromatic nitrogens is 4. The normalized spacial score (nSPS) is 19.1. The maximum atomic E-state index is 14.3. The van der Waals surface area contributed by atoms with Crippen molar-refractivity contribution in [3.8, 4) is 11.8 Å². The number of benzene rings is 1. The zero-order valence-corrected chi connectivity index (χ0v) is 36.2. The molecule has 0 bridgehead atoms. The standard InChI is InChI=1S/C43H64FN6O9P/c1-3-5-7-9-11-13-15-20-26-55-36(52)29-57-60(54)58-30-43(34(51)28-35(59-43)50-31-47-38-39(46)48-42(44)49-40(38)50)25-24-33(32-22-18-17-19-23-32)37(45)41(53)56-27-21-16-14-12-10-8-6-4-2/h17-19,22-23,31,33-35,37,51,60H,3-16,20-21,26-30,45H2,1-2H3,(H2,46,48,49)/t33?,34-,35+,37-,43+/m0/s1. The minimum Gasteiger partial charge on any atom is -0.464 e. The third-order valence-corrected chi connectivity index (χ3v) is 11.2. The summed E-state index contributed by atoms with van der Waals surface area (Å²) < 4.78 is 56.6. The van der Waals surface area contributed by atoms with Crippen molar-refractivity contribution in [2.24, 2.45) is 5.73 Å². The highest BCUT2D eigenvalue weighted by Crippen LogP contribution is 2.40. The summed E-state index contributed by atoms with van der Waals surface area (Å²) in [5.41, 5.74) is 11.2. The van der Waals surface area contributed by atoms with E-state index in [2.05, 4.69) is 40.6 Å². The van der Waals surface area contributed by atoms with Gasteiger partial charge in [0.2, 0.25) is 0 Å². The van der Waals surface area contributed by atoms with Gasteiger partial charge in [-0.2, -0.15) is 14.4 Å². The molecule has 3 heterocycles. The number of carbonyl (C=O) groups excluding carboxylic acids is 2. The van der Waals surface area contributed by atoms with E-state index in [9.17, 15) is 23.7 Å². The van der Waals surface area contributed by atoms with Crippen LogP contribution in [0.1, 0.15) is 141 Å². The Labute approximate surface area is 353 Å². The first-order valence-electron chi connectivity index (χ1n) is 21.5. The molecule has 0 amide bonds. The molecule has 6 atom stereocenters. The highest BCUT2D eigenvalue weighted by molar-refractivity contribution is 7.33. The number of esters is 2. The second-order valence-corrected chi connectivity index (χ2v) is 16.3. The fourth-order valence-electron chi connectivity index (χ4n) is 6.99. The first kappa shape index (κ1) is 48.7. The Morgan fingerprint density at radius 2 is 1.53 bits per heavy atom. The van der Waals surface area contributed by atoms with E-state index >= 15 is 0 Å². The van der Waals surface area contributed by atoms with Gasteiger partial charge in [-0.05, 0) is 18.4 Å². The maximum Gasteiger partial charge on any atom is 0.332 e. The summed E-state index contributed by atoms with van der Waals surface area (Å²) in [6.07, 6.45) is 15.1. The van der Waals surface area contributed by atoms with Crippen LogP contribution in [0.4, 0.5) is 10.2 Å².